The highest BCUT2D eigenvalue weighted by Gasteiger charge is 2.30. The van der Waals surface area contributed by atoms with Gasteiger partial charge in [0.1, 0.15) is 5.76 Å². The molecule has 2 aromatic carbocycles. The summed E-state index contributed by atoms with van der Waals surface area (Å²) >= 11 is 0. The summed E-state index contributed by atoms with van der Waals surface area (Å²) in [6.07, 6.45) is 2.88. The van der Waals surface area contributed by atoms with Gasteiger partial charge in [-0.3, -0.25) is 0 Å². The standard InChI is InChI=1S/C24H25NO/c1-16-10-11-19(12-17(16)2)25-21(18-8-6-5-7-9-18)13-20-22(25)14-24(3,4)15-23(20)26/h5-13,15,26H,14H2,1-4H3. The van der Waals surface area contributed by atoms with Crippen molar-refractivity contribution in [1.82, 2.24) is 4.57 Å². The Kier molecular flexibility index (Phi) is 3.80. The number of aliphatic hydroxyl groups is 1. The van der Waals surface area contributed by atoms with Crippen LogP contribution in [0, 0.1) is 19.3 Å². The number of fused-ring (bicyclic) bond motifs is 1. The number of rotatable bonds is 2. The molecular weight excluding hydrogens is 318 g/mol. The maximum atomic E-state index is 10.7. The van der Waals surface area contributed by atoms with Crippen LogP contribution in [0.4, 0.5) is 0 Å². The van der Waals surface area contributed by atoms with E-state index in [1.165, 1.54) is 16.8 Å². The lowest BCUT2D eigenvalue weighted by Crippen LogP contribution is -2.20. The average Bonchev–Trinajstić information content (AvgIpc) is 2.96. The zero-order valence-corrected chi connectivity index (χ0v) is 15.9. The first-order valence-electron chi connectivity index (χ1n) is 9.15. The second kappa shape index (κ2) is 5.91. The van der Waals surface area contributed by atoms with Crippen LogP contribution >= 0.6 is 0 Å². The molecule has 0 unspecified atom stereocenters. The number of nitrogens with zero attached hydrogens (tertiary/aromatic N) is 1. The quantitative estimate of drug-likeness (QED) is 0.585. The maximum Gasteiger partial charge on any atom is 0.121 e. The predicted molar refractivity (Wildman–Crippen MR) is 109 cm³/mol. The van der Waals surface area contributed by atoms with Crippen molar-refractivity contribution in [3.8, 4) is 16.9 Å². The highest BCUT2D eigenvalue weighted by molar-refractivity contribution is 5.75. The van der Waals surface area contributed by atoms with Crippen molar-refractivity contribution in [3.63, 3.8) is 0 Å². The third-order valence-electron chi connectivity index (χ3n) is 5.35. The number of benzene rings is 2. The summed E-state index contributed by atoms with van der Waals surface area (Å²) in [6.45, 7) is 8.64. The van der Waals surface area contributed by atoms with E-state index in [4.69, 9.17) is 0 Å². The number of hydrogen-bond acceptors (Lipinski definition) is 1. The number of allylic oxidation sites excluding steroid dienone is 1. The molecular formula is C24H25NO. The molecule has 1 aliphatic carbocycles. The van der Waals surface area contributed by atoms with Gasteiger partial charge in [0.2, 0.25) is 0 Å². The van der Waals surface area contributed by atoms with Crippen LogP contribution in [0.1, 0.15) is 36.2 Å². The van der Waals surface area contributed by atoms with Crippen molar-refractivity contribution in [1.29, 1.82) is 0 Å². The summed E-state index contributed by atoms with van der Waals surface area (Å²) in [7, 11) is 0. The third kappa shape index (κ3) is 2.76. The monoisotopic (exact) mass is 343 g/mol. The van der Waals surface area contributed by atoms with Crippen molar-refractivity contribution in [3.05, 3.63) is 83.1 Å². The summed E-state index contributed by atoms with van der Waals surface area (Å²) in [4.78, 5) is 0. The van der Waals surface area contributed by atoms with Crippen LogP contribution in [0.25, 0.3) is 22.7 Å². The minimum atomic E-state index is -0.0686. The molecule has 0 atom stereocenters. The van der Waals surface area contributed by atoms with E-state index in [1.54, 1.807) is 0 Å². The van der Waals surface area contributed by atoms with Crippen LogP contribution in [0.5, 0.6) is 0 Å². The van der Waals surface area contributed by atoms with Crippen molar-refractivity contribution in [2.45, 2.75) is 34.1 Å². The lowest BCUT2D eigenvalue weighted by atomic mass is 9.81. The van der Waals surface area contributed by atoms with Gasteiger partial charge in [-0.05, 0) is 66.6 Å². The van der Waals surface area contributed by atoms with Crippen molar-refractivity contribution in [2.24, 2.45) is 5.41 Å². The van der Waals surface area contributed by atoms with Crippen molar-refractivity contribution >= 4 is 5.76 Å². The van der Waals surface area contributed by atoms with Gasteiger partial charge in [-0.25, -0.2) is 0 Å². The van der Waals surface area contributed by atoms with Crippen LogP contribution in [-0.2, 0) is 6.42 Å². The maximum absolute atomic E-state index is 10.7. The van der Waals surface area contributed by atoms with Gasteiger partial charge in [0, 0.05) is 16.9 Å². The molecule has 1 aromatic heterocycles. The normalized spacial score (nSPS) is 15.5. The summed E-state index contributed by atoms with van der Waals surface area (Å²) in [5.74, 6) is 0.385. The second-order valence-electron chi connectivity index (χ2n) is 8.05. The zero-order valence-electron chi connectivity index (χ0n) is 15.9. The Balaban J connectivity index is 2.02. The summed E-state index contributed by atoms with van der Waals surface area (Å²) < 4.78 is 2.32. The lowest BCUT2D eigenvalue weighted by Gasteiger charge is -2.27. The third-order valence-corrected chi connectivity index (χ3v) is 5.35. The second-order valence-corrected chi connectivity index (χ2v) is 8.05. The van der Waals surface area contributed by atoms with Crippen LogP contribution in [0.3, 0.4) is 0 Å². The number of aliphatic hydroxyl groups excluding tert-OH is 1. The van der Waals surface area contributed by atoms with E-state index in [0.29, 0.717) is 5.76 Å². The molecule has 0 aliphatic heterocycles. The number of hydrogen-bond donors (Lipinski definition) is 1. The van der Waals surface area contributed by atoms with Gasteiger partial charge >= 0.3 is 0 Å². The average molecular weight is 343 g/mol. The Morgan fingerprint density at radius 2 is 1.65 bits per heavy atom. The predicted octanol–water partition coefficient (Wildman–Crippen LogP) is 6.24. The molecule has 0 fully saturated rings. The minimum Gasteiger partial charge on any atom is -0.508 e. The van der Waals surface area contributed by atoms with E-state index in [1.807, 2.05) is 12.1 Å². The molecule has 4 rings (SSSR count). The fourth-order valence-corrected chi connectivity index (χ4v) is 3.86. The topological polar surface area (TPSA) is 25.2 Å². The highest BCUT2D eigenvalue weighted by Crippen LogP contribution is 2.41. The summed E-state index contributed by atoms with van der Waals surface area (Å²) in [5.41, 5.74) is 8.05. The summed E-state index contributed by atoms with van der Waals surface area (Å²) in [6, 6.07) is 19.1. The van der Waals surface area contributed by atoms with E-state index in [9.17, 15) is 5.11 Å². The Hall–Kier alpha value is -2.74. The number of aryl methyl sites for hydroxylation is 2. The SMILES string of the molecule is Cc1ccc(-n2c(-c3ccccc3)cc3c2CC(C)(C)C=C3O)cc1C. The molecule has 1 aliphatic rings. The molecule has 1 heterocycles. The van der Waals surface area contributed by atoms with Gasteiger partial charge in [0.15, 0.2) is 0 Å². The molecule has 0 bridgehead atoms. The van der Waals surface area contributed by atoms with Gasteiger partial charge in [0.05, 0.1) is 5.69 Å². The first kappa shape index (κ1) is 16.7. The Morgan fingerprint density at radius 1 is 0.923 bits per heavy atom. The number of aromatic nitrogens is 1. The van der Waals surface area contributed by atoms with Gasteiger partial charge in [-0.1, -0.05) is 50.2 Å². The largest absolute Gasteiger partial charge is 0.508 e. The van der Waals surface area contributed by atoms with Crippen molar-refractivity contribution in [2.75, 3.05) is 0 Å². The van der Waals surface area contributed by atoms with Crippen LogP contribution < -0.4 is 0 Å². The first-order valence-corrected chi connectivity index (χ1v) is 9.15. The van der Waals surface area contributed by atoms with Gasteiger partial charge in [-0.15, -0.1) is 0 Å². The Bertz CT molecular complexity index is 1010. The molecule has 2 nitrogen and oxygen atoms in total. The van der Waals surface area contributed by atoms with Gasteiger partial charge in [0.25, 0.3) is 0 Å². The fraction of sp³-hybridized carbons (Fsp3) is 0.250. The summed E-state index contributed by atoms with van der Waals surface area (Å²) in [5, 5.41) is 10.7. The van der Waals surface area contributed by atoms with E-state index < -0.39 is 0 Å². The molecule has 0 radical (unpaired) electrons. The van der Waals surface area contributed by atoms with E-state index >= 15 is 0 Å². The molecule has 0 saturated heterocycles. The van der Waals surface area contributed by atoms with Crippen LogP contribution in [0.15, 0.2) is 60.7 Å². The molecule has 0 spiro atoms. The van der Waals surface area contributed by atoms with Gasteiger partial charge < -0.3 is 9.67 Å². The van der Waals surface area contributed by atoms with Crippen LogP contribution in [-0.4, -0.2) is 9.67 Å². The van der Waals surface area contributed by atoms with E-state index in [-0.39, 0.29) is 5.41 Å². The first-order chi connectivity index (χ1) is 12.4. The van der Waals surface area contributed by atoms with E-state index in [2.05, 4.69) is 80.8 Å². The minimum absolute atomic E-state index is 0.0686. The lowest BCUT2D eigenvalue weighted by molar-refractivity contribution is 0.426. The molecule has 1 N–H and O–H groups in total. The molecule has 2 heteroatoms. The molecule has 0 amide bonds. The Morgan fingerprint density at radius 3 is 2.35 bits per heavy atom. The van der Waals surface area contributed by atoms with Crippen LogP contribution in [0.2, 0.25) is 0 Å². The molecule has 26 heavy (non-hydrogen) atoms. The molecule has 3 aromatic rings. The van der Waals surface area contributed by atoms with E-state index in [0.717, 1.165) is 28.9 Å². The zero-order chi connectivity index (χ0) is 18.5. The van der Waals surface area contributed by atoms with Gasteiger partial charge in [-0.2, -0.15) is 0 Å². The molecule has 132 valence electrons. The highest BCUT2D eigenvalue weighted by atomic mass is 16.3. The Labute approximate surface area is 155 Å². The fourth-order valence-electron chi connectivity index (χ4n) is 3.86. The molecule has 0 saturated carbocycles. The van der Waals surface area contributed by atoms with Crippen molar-refractivity contribution < 1.29 is 5.11 Å². The smallest absolute Gasteiger partial charge is 0.121 e.